The normalized spacial score (nSPS) is 14.3. The Morgan fingerprint density at radius 1 is 1.21 bits per heavy atom. The van der Waals surface area contributed by atoms with Crippen LogP contribution >= 0.6 is 11.3 Å². The van der Waals surface area contributed by atoms with Crippen molar-refractivity contribution in [2.75, 3.05) is 13.2 Å². The molecule has 0 aliphatic heterocycles. The molecule has 0 saturated carbocycles. The molecule has 0 bridgehead atoms. The minimum Gasteiger partial charge on any atom is -0.395 e. The zero-order valence-electron chi connectivity index (χ0n) is 11.5. The molecule has 1 aromatic heterocycles. The molecule has 0 aliphatic rings. The molecule has 3 heteroatoms. The number of aryl methyl sites for hydroxylation is 1. The van der Waals surface area contributed by atoms with Crippen LogP contribution in [0.15, 0.2) is 41.8 Å². The van der Waals surface area contributed by atoms with Crippen LogP contribution < -0.4 is 5.32 Å². The van der Waals surface area contributed by atoms with Crippen LogP contribution in [0, 0.1) is 6.92 Å². The van der Waals surface area contributed by atoms with E-state index in [-0.39, 0.29) is 12.0 Å². The monoisotopic (exact) mass is 275 g/mol. The smallest absolute Gasteiger partial charge is 0.0537 e. The van der Waals surface area contributed by atoms with Gasteiger partial charge in [0.15, 0.2) is 0 Å². The van der Waals surface area contributed by atoms with Gasteiger partial charge < -0.3 is 10.4 Å². The lowest BCUT2D eigenvalue weighted by atomic mass is 9.83. The minimum atomic E-state index is -0.231. The molecule has 0 fully saturated rings. The van der Waals surface area contributed by atoms with E-state index in [1.54, 1.807) is 11.3 Å². The predicted octanol–water partition coefficient (Wildman–Crippen LogP) is 3.10. The van der Waals surface area contributed by atoms with Gasteiger partial charge in [-0.1, -0.05) is 37.3 Å². The zero-order valence-corrected chi connectivity index (χ0v) is 12.3. The highest BCUT2D eigenvalue weighted by Crippen LogP contribution is 2.22. The van der Waals surface area contributed by atoms with Crippen LogP contribution in [0.2, 0.25) is 0 Å². The second-order valence-corrected chi connectivity index (χ2v) is 6.31. The van der Waals surface area contributed by atoms with Crippen LogP contribution in [0.25, 0.3) is 0 Å². The topological polar surface area (TPSA) is 32.3 Å². The van der Waals surface area contributed by atoms with E-state index in [2.05, 4.69) is 42.7 Å². The fourth-order valence-corrected chi connectivity index (χ4v) is 2.89. The molecule has 2 aromatic rings. The maximum Gasteiger partial charge on any atom is 0.0537 e. The number of hydrogen-bond donors (Lipinski definition) is 2. The average molecular weight is 275 g/mol. The molecule has 102 valence electrons. The van der Waals surface area contributed by atoms with E-state index >= 15 is 0 Å². The summed E-state index contributed by atoms with van der Waals surface area (Å²) in [5, 5.41) is 15.3. The Labute approximate surface area is 119 Å². The molecule has 0 aliphatic carbocycles. The van der Waals surface area contributed by atoms with Crippen LogP contribution in [-0.4, -0.2) is 18.3 Å². The highest BCUT2D eigenvalue weighted by Gasteiger charge is 2.25. The molecule has 2 nitrogen and oxygen atoms in total. The minimum absolute atomic E-state index is 0.145. The lowest BCUT2D eigenvalue weighted by Crippen LogP contribution is -2.38. The SMILES string of the molecule is Cc1sccc1CNCC(C)(CO)c1ccccc1. The number of aliphatic hydroxyl groups excluding tert-OH is 1. The Kier molecular flexibility index (Phi) is 4.75. The lowest BCUT2D eigenvalue weighted by molar-refractivity contribution is 0.201. The molecule has 19 heavy (non-hydrogen) atoms. The Hall–Kier alpha value is -1.16. The Morgan fingerprint density at radius 2 is 1.95 bits per heavy atom. The molecule has 0 spiro atoms. The van der Waals surface area contributed by atoms with Gasteiger partial charge in [0.1, 0.15) is 0 Å². The lowest BCUT2D eigenvalue weighted by Gasteiger charge is -2.28. The van der Waals surface area contributed by atoms with Gasteiger partial charge in [-0.05, 0) is 29.5 Å². The van der Waals surface area contributed by atoms with Crippen molar-refractivity contribution in [3.05, 3.63) is 57.8 Å². The van der Waals surface area contributed by atoms with E-state index in [1.807, 2.05) is 18.2 Å². The van der Waals surface area contributed by atoms with Gasteiger partial charge in [-0.2, -0.15) is 0 Å². The highest BCUT2D eigenvalue weighted by molar-refractivity contribution is 7.10. The number of rotatable bonds is 6. The summed E-state index contributed by atoms with van der Waals surface area (Å²) < 4.78 is 0. The predicted molar refractivity (Wildman–Crippen MR) is 81.6 cm³/mol. The van der Waals surface area contributed by atoms with Crippen molar-refractivity contribution >= 4 is 11.3 Å². The Balaban J connectivity index is 1.98. The van der Waals surface area contributed by atoms with Crippen molar-refractivity contribution in [2.45, 2.75) is 25.8 Å². The van der Waals surface area contributed by atoms with Crippen molar-refractivity contribution in [3.8, 4) is 0 Å². The van der Waals surface area contributed by atoms with Gasteiger partial charge in [-0.15, -0.1) is 11.3 Å². The summed E-state index contributed by atoms with van der Waals surface area (Å²) in [6.45, 7) is 6.01. The van der Waals surface area contributed by atoms with Crippen LogP contribution in [-0.2, 0) is 12.0 Å². The molecular formula is C16H21NOS. The third kappa shape index (κ3) is 3.44. The summed E-state index contributed by atoms with van der Waals surface area (Å²) in [5.41, 5.74) is 2.29. The quantitative estimate of drug-likeness (QED) is 0.849. The fourth-order valence-electron chi connectivity index (χ4n) is 2.16. The molecule has 0 saturated heterocycles. The molecule has 2 rings (SSSR count). The third-order valence-corrected chi connectivity index (χ3v) is 4.50. The molecule has 2 N–H and O–H groups in total. The number of nitrogens with one attached hydrogen (secondary N) is 1. The molecule has 0 amide bonds. The van der Waals surface area contributed by atoms with Crippen molar-refractivity contribution in [3.63, 3.8) is 0 Å². The van der Waals surface area contributed by atoms with Gasteiger partial charge in [0.25, 0.3) is 0 Å². The first-order valence-corrected chi connectivity index (χ1v) is 7.44. The van der Waals surface area contributed by atoms with Crippen LogP contribution in [0.1, 0.15) is 22.9 Å². The summed E-state index contributed by atoms with van der Waals surface area (Å²) in [4.78, 5) is 1.36. The van der Waals surface area contributed by atoms with E-state index in [9.17, 15) is 5.11 Å². The van der Waals surface area contributed by atoms with Gasteiger partial charge in [0, 0.05) is 23.4 Å². The molecular weight excluding hydrogens is 254 g/mol. The average Bonchev–Trinajstić information content (AvgIpc) is 2.85. The highest BCUT2D eigenvalue weighted by atomic mass is 32.1. The summed E-state index contributed by atoms with van der Waals surface area (Å²) >= 11 is 1.78. The summed E-state index contributed by atoms with van der Waals surface area (Å²) in [5.74, 6) is 0. The Morgan fingerprint density at radius 3 is 2.53 bits per heavy atom. The molecule has 1 unspecified atom stereocenters. The number of aliphatic hydroxyl groups is 1. The second-order valence-electron chi connectivity index (χ2n) is 5.19. The van der Waals surface area contributed by atoms with Crippen molar-refractivity contribution in [2.24, 2.45) is 0 Å². The van der Waals surface area contributed by atoms with E-state index in [0.29, 0.717) is 0 Å². The first-order valence-electron chi connectivity index (χ1n) is 6.56. The van der Waals surface area contributed by atoms with Crippen LogP contribution in [0.5, 0.6) is 0 Å². The maximum atomic E-state index is 9.71. The van der Waals surface area contributed by atoms with Crippen LogP contribution in [0.3, 0.4) is 0 Å². The van der Waals surface area contributed by atoms with Gasteiger partial charge in [0.05, 0.1) is 6.61 Å². The van der Waals surface area contributed by atoms with Crippen LogP contribution in [0.4, 0.5) is 0 Å². The molecule has 1 atom stereocenters. The number of thiophene rings is 1. The first kappa shape index (κ1) is 14.3. The van der Waals surface area contributed by atoms with Crippen molar-refractivity contribution < 1.29 is 5.11 Å². The zero-order chi connectivity index (χ0) is 13.7. The fraction of sp³-hybridized carbons (Fsp3) is 0.375. The Bertz CT molecular complexity index is 508. The molecule has 1 heterocycles. The van der Waals surface area contributed by atoms with Gasteiger partial charge in [-0.25, -0.2) is 0 Å². The van der Waals surface area contributed by atoms with Crippen molar-refractivity contribution in [1.82, 2.24) is 5.32 Å². The largest absolute Gasteiger partial charge is 0.395 e. The van der Waals surface area contributed by atoms with E-state index < -0.39 is 0 Å². The van der Waals surface area contributed by atoms with Crippen molar-refractivity contribution in [1.29, 1.82) is 0 Å². The number of benzene rings is 1. The molecule has 0 radical (unpaired) electrons. The van der Waals surface area contributed by atoms with Gasteiger partial charge in [-0.3, -0.25) is 0 Å². The summed E-state index contributed by atoms with van der Waals surface area (Å²) in [7, 11) is 0. The summed E-state index contributed by atoms with van der Waals surface area (Å²) in [6, 6.07) is 12.4. The molecule has 1 aromatic carbocycles. The third-order valence-electron chi connectivity index (χ3n) is 3.62. The number of hydrogen-bond acceptors (Lipinski definition) is 3. The van der Waals surface area contributed by atoms with E-state index in [1.165, 1.54) is 16.0 Å². The first-order chi connectivity index (χ1) is 9.15. The van der Waals surface area contributed by atoms with Gasteiger partial charge in [0.2, 0.25) is 0 Å². The van der Waals surface area contributed by atoms with Gasteiger partial charge >= 0.3 is 0 Å². The second kappa shape index (κ2) is 6.33. The van der Waals surface area contributed by atoms with E-state index in [0.717, 1.165) is 13.1 Å². The summed E-state index contributed by atoms with van der Waals surface area (Å²) in [6.07, 6.45) is 0. The van der Waals surface area contributed by atoms with E-state index in [4.69, 9.17) is 0 Å². The maximum absolute atomic E-state index is 9.71. The standard InChI is InChI=1S/C16H21NOS/c1-13-14(8-9-19-13)10-17-11-16(2,12-18)15-6-4-3-5-7-15/h3-9,17-18H,10-12H2,1-2H3.